The SMILES string of the molecule is CCOC(=O)c1ccc(NC(C)C(C)C(=O)O)nc1. The van der Waals surface area contributed by atoms with Gasteiger partial charge in [-0.1, -0.05) is 0 Å². The van der Waals surface area contributed by atoms with E-state index in [0.29, 0.717) is 18.0 Å². The minimum absolute atomic E-state index is 0.265. The monoisotopic (exact) mass is 266 g/mol. The van der Waals surface area contributed by atoms with Gasteiger partial charge in [-0.3, -0.25) is 4.79 Å². The van der Waals surface area contributed by atoms with Gasteiger partial charge in [0.25, 0.3) is 0 Å². The molecule has 2 N–H and O–H groups in total. The zero-order valence-electron chi connectivity index (χ0n) is 11.2. The van der Waals surface area contributed by atoms with Gasteiger partial charge in [-0.15, -0.1) is 0 Å². The van der Waals surface area contributed by atoms with Crippen molar-refractivity contribution in [2.75, 3.05) is 11.9 Å². The number of ether oxygens (including phenoxy) is 1. The first-order chi connectivity index (χ1) is 8.95. The van der Waals surface area contributed by atoms with Gasteiger partial charge in [0, 0.05) is 12.2 Å². The Morgan fingerprint density at radius 2 is 2.11 bits per heavy atom. The summed E-state index contributed by atoms with van der Waals surface area (Å²) in [5, 5.41) is 11.9. The molecule has 0 amide bonds. The van der Waals surface area contributed by atoms with Crippen LogP contribution in [0.2, 0.25) is 0 Å². The molecule has 104 valence electrons. The molecule has 6 heteroatoms. The maximum atomic E-state index is 11.4. The Balaban J connectivity index is 2.67. The van der Waals surface area contributed by atoms with Gasteiger partial charge in [0.1, 0.15) is 5.82 Å². The van der Waals surface area contributed by atoms with Crippen molar-refractivity contribution in [2.45, 2.75) is 26.8 Å². The molecule has 1 heterocycles. The van der Waals surface area contributed by atoms with Crippen LogP contribution in [0.5, 0.6) is 0 Å². The van der Waals surface area contributed by atoms with Crippen molar-refractivity contribution < 1.29 is 19.4 Å². The van der Waals surface area contributed by atoms with Gasteiger partial charge in [0.2, 0.25) is 0 Å². The first-order valence-corrected chi connectivity index (χ1v) is 6.08. The minimum atomic E-state index is -0.872. The summed E-state index contributed by atoms with van der Waals surface area (Å²) in [6.45, 7) is 5.43. The van der Waals surface area contributed by atoms with Crippen LogP contribution in [0.1, 0.15) is 31.1 Å². The highest BCUT2D eigenvalue weighted by Gasteiger charge is 2.19. The van der Waals surface area contributed by atoms with Gasteiger partial charge in [-0.05, 0) is 32.9 Å². The van der Waals surface area contributed by atoms with Crippen LogP contribution < -0.4 is 5.32 Å². The molecule has 0 saturated carbocycles. The quantitative estimate of drug-likeness (QED) is 0.763. The molecule has 0 radical (unpaired) electrons. The molecule has 0 bridgehead atoms. The number of nitrogens with zero attached hydrogens (tertiary/aromatic N) is 1. The van der Waals surface area contributed by atoms with Crippen molar-refractivity contribution >= 4 is 17.8 Å². The van der Waals surface area contributed by atoms with Gasteiger partial charge in [0.05, 0.1) is 18.1 Å². The summed E-state index contributed by atoms with van der Waals surface area (Å²) >= 11 is 0. The molecule has 0 aliphatic carbocycles. The largest absolute Gasteiger partial charge is 0.481 e. The number of rotatable bonds is 6. The number of anilines is 1. The summed E-state index contributed by atoms with van der Waals surface area (Å²) in [6, 6.07) is 2.95. The molecule has 0 saturated heterocycles. The summed E-state index contributed by atoms with van der Waals surface area (Å²) in [4.78, 5) is 26.3. The van der Waals surface area contributed by atoms with Gasteiger partial charge in [-0.2, -0.15) is 0 Å². The van der Waals surface area contributed by atoms with Crippen LogP contribution >= 0.6 is 0 Å². The lowest BCUT2D eigenvalue weighted by Gasteiger charge is -2.18. The average molecular weight is 266 g/mol. The summed E-state index contributed by atoms with van der Waals surface area (Å²) in [6.07, 6.45) is 1.40. The second-order valence-electron chi connectivity index (χ2n) is 4.21. The van der Waals surface area contributed by atoms with Crippen molar-refractivity contribution in [1.29, 1.82) is 0 Å². The highest BCUT2D eigenvalue weighted by Crippen LogP contribution is 2.12. The Hall–Kier alpha value is -2.11. The van der Waals surface area contributed by atoms with E-state index in [4.69, 9.17) is 9.84 Å². The van der Waals surface area contributed by atoms with Gasteiger partial charge >= 0.3 is 11.9 Å². The Morgan fingerprint density at radius 3 is 2.58 bits per heavy atom. The van der Waals surface area contributed by atoms with Crippen molar-refractivity contribution in [1.82, 2.24) is 4.98 Å². The number of carbonyl (C=O) groups is 2. The third-order valence-electron chi connectivity index (χ3n) is 2.79. The first-order valence-electron chi connectivity index (χ1n) is 6.08. The van der Waals surface area contributed by atoms with E-state index in [0.717, 1.165) is 0 Å². The molecule has 2 unspecified atom stereocenters. The predicted octanol–water partition coefficient (Wildman–Crippen LogP) is 1.78. The molecule has 1 aromatic heterocycles. The summed E-state index contributed by atoms with van der Waals surface area (Å²) in [5.41, 5.74) is 0.367. The number of carboxylic acids is 1. The van der Waals surface area contributed by atoms with Gasteiger partial charge in [-0.25, -0.2) is 9.78 Å². The highest BCUT2D eigenvalue weighted by atomic mass is 16.5. The fourth-order valence-corrected chi connectivity index (χ4v) is 1.39. The molecular weight excluding hydrogens is 248 g/mol. The highest BCUT2D eigenvalue weighted by molar-refractivity contribution is 5.89. The first kappa shape index (κ1) is 14.9. The van der Waals surface area contributed by atoms with Crippen LogP contribution in [-0.4, -0.2) is 34.7 Å². The molecule has 6 nitrogen and oxygen atoms in total. The van der Waals surface area contributed by atoms with Crippen LogP contribution in [0.4, 0.5) is 5.82 Å². The van der Waals surface area contributed by atoms with Crippen LogP contribution in [0.15, 0.2) is 18.3 Å². The predicted molar refractivity (Wildman–Crippen MR) is 70.1 cm³/mol. The molecule has 2 atom stereocenters. The average Bonchev–Trinajstić information content (AvgIpc) is 2.38. The molecule has 0 aliphatic rings. The number of nitrogens with one attached hydrogen (secondary N) is 1. The topological polar surface area (TPSA) is 88.5 Å². The van der Waals surface area contributed by atoms with Gasteiger partial charge in [0.15, 0.2) is 0 Å². The second-order valence-corrected chi connectivity index (χ2v) is 4.21. The number of carboxylic acid groups (broad SMARTS) is 1. The molecule has 0 fully saturated rings. The third-order valence-corrected chi connectivity index (χ3v) is 2.79. The van der Waals surface area contributed by atoms with Crippen LogP contribution in [0, 0.1) is 5.92 Å². The van der Waals surface area contributed by atoms with Crippen LogP contribution in [0.3, 0.4) is 0 Å². The maximum Gasteiger partial charge on any atom is 0.339 e. The lowest BCUT2D eigenvalue weighted by molar-refractivity contribution is -0.141. The fourth-order valence-electron chi connectivity index (χ4n) is 1.39. The molecule has 0 aromatic carbocycles. The minimum Gasteiger partial charge on any atom is -0.481 e. The molecule has 0 spiro atoms. The fraction of sp³-hybridized carbons (Fsp3) is 0.462. The number of aromatic nitrogens is 1. The van der Waals surface area contributed by atoms with Gasteiger partial charge < -0.3 is 15.2 Å². The van der Waals surface area contributed by atoms with E-state index in [9.17, 15) is 9.59 Å². The molecule has 19 heavy (non-hydrogen) atoms. The number of hydrogen-bond acceptors (Lipinski definition) is 5. The van der Waals surface area contributed by atoms with Crippen LogP contribution in [0.25, 0.3) is 0 Å². The lowest BCUT2D eigenvalue weighted by Crippen LogP contribution is -2.30. The number of aliphatic carboxylic acids is 1. The van der Waals surface area contributed by atoms with E-state index >= 15 is 0 Å². The van der Waals surface area contributed by atoms with E-state index in [1.807, 2.05) is 0 Å². The summed E-state index contributed by atoms with van der Waals surface area (Å²) in [5.74, 6) is -1.31. The van der Waals surface area contributed by atoms with E-state index in [2.05, 4.69) is 10.3 Å². The van der Waals surface area contributed by atoms with Crippen molar-refractivity contribution in [3.63, 3.8) is 0 Å². The van der Waals surface area contributed by atoms with E-state index < -0.39 is 17.9 Å². The molecule has 0 aliphatic heterocycles. The van der Waals surface area contributed by atoms with E-state index in [-0.39, 0.29) is 6.04 Å². The molecular formula is C13H18N2O4. The van der Waals surface area contributed by atoms with E-state index in [1.54, 1.807) is 32.9 Å². The van der Waals surface area contributed by atoms with Crippen molar-refractivity contribution in [3.05, 3.63) is 23.9 Å². The van der Waals surface area contributed by atoms with Crippen molar-refractivity contribution in [3.8, 4) is 0 Å². The number of pyridine rings is 1. The molecule has 1 aromatic rings. The second kappa shape index (κ2) is 6.72. The smallest absolute Gasteiger partial charge is 0.339 e. The zero-order chi connectivity index (χ0) is 14.4. The normalized spacial score (nSPS) is 13.4. The summed E-state index contributed by atoms with van der Waals surface area (Å²) in [7, 11) is 0. The third kappa shape index (κ3) is 4.24. The summed E-state index contributed by atoms with van der Waals surface area (Å²) < 4.78 is 4.84. The van der Waals surface area contributed by atoms with Crippen molar-refractivity contribution in [2.24, 2.45) is 5.92 Å². The number of carbonyl (C=O) groups excluding carboxylic acids is 1. The number of hydrogen-bond donors (Lipinski definition) is 2. The number of esters is 1. The lowest BCUT2D eigenvalue weighted by atomic mass is 10.0. The Kier molecular flexibility index (Phi) is 5.29. The van der Waals surface area contributed by atoms with Crippen LogP contribution in [-0.2, 0) is 9.53 Å². The Morgan fingerprint density at radius 1 is 1.42 bits per heavy atom. The standard InChI is InChI=1S/C13H18N2O4/c1-4-19-13(18)10-5-6-11(14-7-10)15-9(3)8(2)12(16)17/h5-9H,4H2,1-3H3,(H,14,15)(H,16,17). The Bertz CT molecular complexity index is 444. The van der Waals surface area contributed by atoms with E-state index in [1.165, 1.54) is 6.20 Å². The molecule has 1 rings (SSSR count). The zero-order valence-corrected chi connectivity index (χ0v) is 11.2. The Labute approximate surface area is 111 Å². The maximum absolute atomic E-state index is 11.4.